The van der Waals surface area contributed by atoms with Crippen molar-refractivity contribution in [2.75, 3.05) is 11.1 Å². The van der Waals surface area contributed by atoms with Gasteiger partial charge in [0.2, 0.25) is 0 Å². The molecule has 0 aliphatic carbocycles. The van der Waals surface area contributed by atoms with Crippen LogP contribution in [-0.4, -0.2) is 18.0 Å². The highest BCUT2D eigenvalue weighted by molar-refractivity contribution is 5.97. The molecule has 0 saturated carbocycles. The van der Waals surface area contributed by atoms with Gasteiger partial charge in [-0.25, -0.2) is 4.79 Å². The number of nitrogens with one attached hydrogen (secondary N) is 1. The maximum atomic E-state index is 12.7. The summed E-state index contributed by atoms with van der Waals surface area (Å²) < 4.78 is 43.0. The van der Waals surface area contributed by atoms with Crippen LogP contribution in [0.4, 0.5) is 24.5 Å². The Kier molecular flexibility index (Phi) is 5.31. The van der Waals surface area contributed by atoms with E-state index >= 15 is 0 Å². The van der Waals surface area contributed by atoms with E-state index in [9.17, 15) is 22.8 Å². The molecule has 0 aliphatic heterocycles. The van der Waals surface area contributed by atoms with Gasteiger partial charge in [-0.15, -0.1) is 0 Å². The number of benzene rings is 2. The molecule has 0 aliphatic rings. The molecule has 0 unspecified atom stereocenters. The first kappa shape index (κ1) is 18.3. The molecule has 0 spiro atoms. The van der Waals surface area contributed by atoms with E-state index in [1.165, 1.54) is 43.3 Å². The fourth-order valence-electron chi connectivity index (χ4n) is 1.92. The number of hydrogen-bond acceptors (Lipinski definition) is 4. The molecular formula is C17H15F3N2O3. The number of amides is 1. The van der Waals surface area contributed by atoms with Gasteiger partial charge in [0, 0.05) is 11.4 Å². The van der Waals surface area contributed by atoms with Crippen LogP contribution in [0.3, 0.4) is 0 Å². The zero-order chi connectivity index (χ0) is 18.6. The zero-order valence-electron chi connectivity index (χ0n) is 13.1. The van der Waals surface area contributed by atoms with E-state index in [0.717, 1.165) is 12.1 Å². The van der Waals surface area contributed by atoms with Crippen LogP contribution in [0.1, 0.15) is 22.8 Å². The van der Waals surface area contributed by atoms with Gasteiger partial charge in [0.25, 0.3) is 5.91 Å². The molecule has 1 amide bonds. The number of hydrogen-bond donors (Lipinski definition) is 2. The highest BCUT2D eigenvalue weighted by Crippen LogP contribution is 2.30. The largest absolute Gasteiger partial charge is 0.449 e. The van der Waals surface area contributed by atoms with Crippen LogP contribution in [0, 0.1) is 0 Å². The molecule has 1 atom stereocenters. The topological polar surface area (TPSA) is 81.4 Å². The van der Waals surface area contributed by atoms with E-state index in [4.69, 9.17) is 10.5 Å². The first-order chi connectivity index (χ1) is 11.7. The molecule has 0 heterocycles. The first-order valence-corrected chi connectivity index (χ1v) is 7.21. The summed E-state index contributed by atoms with van der Waals surface area (Å²) >= 11 is 0. The molecule has 2 aromatic rings. The van der Waals surface area contributed by atoms with Crippen LogP contribution >= 0.6 is 0 Å². The molecule has 0 radical (unpaired) electrons. The van der Waals surface area contributed by atoms with E-state index in [2.05, 4.69) is 5.32 Å². The van der Waals surface area contributed by atoms with Gasteiger partial charge in [0.05, 0.1) is 11.1 Å². The van der Waals surface area contributed by atoms with Crippen LogP contribution in [0.25, 0.3) is 0 Å². The predicted octanol–water partition coefficient (Wildman–Crippen LogP) is 3.47. The quantitative estimate of drug-likeness (QED) is 0.652. The average molecular weight is 352 g/mol. The SMILES string of the molecule is C[C@@H](OC(=O)c1ccc(N)cc1)C(=O)Nc1cccc(C(F)(F)F)c1. The van der Waals surface area contributed by atoms with Crippen molar-refractivity contribution in [2.45, 2.75) is 19.2 Å². The number of nitrogen functional groups attached to an aromatic ring is 1. The van der Waals surface area contributed by atoms with Gasteiger partial charge in [0.1, 0.15) is 0 Å². The monoisotopic (exact) mass is 352 g/mol. The highest BCUT2D eigenvalue weighted by Gasteiger charge is 2.30. The molecule has 0 saturated heterocycles. The van der Waals surface area contributed by atoms with Gasteiger partial charge in [-0.1, -0.05) is 6.07 Å². The van der Waals surface area contributed by atoms with Crippen molar-refractivity contribution in [1.29, 1.82) is 0 Å². The molecule has 8 heteroatoms. The highest BCUT2D eigenvalue weighted by atomic mass is 19.4. The van der Waals surface area contributed by atoms with Crippen molar-refractivity contribution in [2.24, 2.45) is 0 Å². The minimum Gasteiger partial charge on any atom is -0.449 e. The van der Waals surface area contributed by atoms with Crippen LogP contribution in [0.2, 0.25) is 0 Å². The summed E-state index contributed by atoms with van der Waals surface area (Å²) in [5.74, 6) is -1.49. The minimum atomic E-state index is -4.52. The fraction of sp³-hybridized carbons (Fsp3) is 0.176. The molecule has 0 aromatic heterocycles. The molecule has 5 nitrogen and oxygen atoms in total. The van der Waals surface area contributed by atoms with Gasteiger partial charge in [-0.05, 0) is 49.4 Å². The van der Waals surface area contributed by atoms with E-state index in [1.54, 1.807) is 0 Å². The van der Waals surface area contributed by atoms with Crippen molar-refractivity contribution in [1.82, 2.24) is 0 Å². The van der Waals surface area contributed by atoms with Crippen molar-refractivity contribution in [3.63, 3.8) is 0 Å². The van der Waals surface area contributed by atoms with E-state index in [1.807, 2.05) is 0 Å². The normalized spacial score (nSPS) is 12.3. The summed E-state index contributed by atoms with van der Waals surface area (Å²) in [6.07, 6.45) is -5.71. The Labute approximate surface area is 141 Å². The van der Waals surface area contributed by atoms with Crippen molar-refractivity contribution < 1.29 is 27.5 Å². The van der Waals surface area contributed by atoms with Crippen LogP contribution in [0.15, 0.2) is 48.5 Å². The zero-order valence-corrected chi connectivity index (χ0v) is 13.1. The van der Waals surface area contributed by atoms with Crippen LogP contribution in [-0.2, 0) is 15.7 Å². The number of anilines is 2. The van der Waals surface area contributed by atoms with Crippen molar-refractivity contribution >= 4 is 23.3 Å². The maximum Gasteiger partial charge on any atom is 0.416 e. The second kappa shape index (κ2) is 7.25. The lowest BCUT2D eigenvalue weighted by Gasteiger charge is -2.14. The van der Waals surface area contributed by atoms with Crippen molar-refractivity contribution in [3.05, 3.63) is 59.7 Å². The third-order valence-electron chi connectivity index (χ3n) is 3.26. The Bertz CT molecular complexity index is 773. The van der Waals surface area contributed by atoms with E-state index < -0.39 is 29.7 Å². The number of carbonyl (C=O) groups excluding carboxylic acids is 2. The summed E-state index contributed by atoms with van der Waals surface area (Å²) in [6.45, 7) is 1.32. The third-order valence-corrected chi connectivity index (χ3v) is 3.26. The first-order valence-electron chi connectivity index (χ1n) is 7.21. The Balaban J connectivity index is 2.01. The Morgan fingerprint density at radius 1 is 1.12 bits per heavy atom. The molecular weight excluding hydrogens is 337 g/mol. The average Bonchev–Trinajstić information content (AvgIpc) is 2.54. The number of rotatable bonds is 4. The number of esters is 1. The summed E-state index contributed by atoms with van der Waals surface area (Å²) in [6, 6.07) is 10.1. The maximum absolute atomic E-state index is 12.7. The fourth-order valence-corrected chi connectivity index (χ4v) is 1.92. The smallest absolute Gasteiger partial charge is 0.416 e. The minimum absolute atomic E-state index is 0.0461. The Morgan fingerprint density at radius 3 is 2.36 bits per heavy atom. The third kappa shape index (κ3) is 4.97. The number of halogens is 3. The molecule has 0 fully saturated rings. The second-order valence-electron chi connectivity index (χ2n) is 5.24. The summed E-state index contributed by atoms with van der Waals surface area (Å²) in [5.41, 5.74) is 5.24. The Morgan fingerprint density at radius 2 is 1.76 bits per heavy atom. The van der Waals surface area contributed by atoms with Gasteiger partial charge in [0.15, 0.2) is 6.10 Å². The van der Waals surface area contributed by atoms with Gasteiger partial charge >= 0.3 is 12.1 Å². The molecule has 0 bridgehead atoms. The van der Waals surface area contributed by atoms with E-state index in [0.29, 0.717) is 5.69 Å². The standard InChI is InChI=1S/C17H15F3N2O3/c1-10(25-16(24)11-5-7-13(21)8-6-11)15(23)22-14-4-2-3-12(9-14)17(18,19)20/h2-10H,21H2,1H3,(H,22,23)/t10-/m1/s1. The lowest BCUT2D eigenvalue weighted by Crippen LogP contribution is -2.30. The molecule has 3 N–H and O–H groups in total. The number of alkyl halides is 3. The number of carbonyl (C=O) groups is 2. The van der Waals surface area contributed by atoms with E-state index in [-0.39, 0.29) is 11.3 Å². The lowest BCUT2D eigenvalue weighted by atomic mass is 10.2. The number of ether oxygens (including phenoxy) is 1. The summed E-state index contributed by atoms with van der Waals surface area (Å²) in [5, 5.41) is 2.28. The predicted molar refractivity (Wildman–Crippen MR) is 85.8 cm³/mol. The lowest BCUT2D eigenvalue weighted by molar-refractivity contribution is -0.137. The molecule has 2 aromatic carbocycles. The van der Waals surface area contributed by atoms with Gasteiger partial charge < -0.3 is 15.8 Å². The van der Waals surface area contributed by atoms with Crippen molar-refractivity contribution in [3.8, 4) is 0 Å². The Hall–Kier alpha value is -3.03. The van der Waals surface area contributed by atoms with Crippen LogP contribution < -0.4 is 11.1 Å². The number of nitrogens with two attached hydrogens (primary N) is 1. The molecule has 132 valence electrons. The summed E-state index contributed by atoms with van der Waals surface area (Å²) in [4.78, 5) is 23.9. The van der Waals surface area contributed by atoms with Gasteiger partial charge in [-0.3, -0.25) is 4.79 Å². The molecule has 25 heavy (non-hydrogen) atoms. The van der Waals surface area contributed by atoms with Crippen LogP contribution in [0.5, 0.6) is 0 Å². The van der Waals surface area contributed by atoms with Gasteiger partial charge in [-0.2, -0.15) is 13.2 Å². The summed E-state index contributed by atoms with van der Waals surface area (Å²) in [7, 11) is 0. The second-order valence-corrected chi connectivity index (χ2v) is 5.24. The molecule has 2 rings (SSSR count).